The number of alkyl halides is 2. The van der Waals surface area contributed by atoms with Crippen LogP contribution in [0.1, 0.15) is 53.0 Å². The highest BCUT2D eigenvalue weighted by atomic mass is 19.3. The lowest BCUT2D eigenvalue weighted by Gasteiger charge is -2.32. The van der Waals surface area contributed by atoms with Gasteiger partial charge in [-0.3, -0.25) is 24.0 Å². The Hall–Kier alpha value is -4.10. The molecule has 0 aromatic heterocycles. The Morgan fingerprint density at radius 3 is 2.21 bits per heavy atom. The predicted molar refractivity (Wildman–Crippen MR) is 145 cm³/mol. The molecule has 1 unspecified atom stereocenters. The molecule has 0 bridgehead atoms. The molecule has 1 aliphatic rings. The molecular weight excluding hydrogens is 558 g/mol. The van der Waals surface area contributed by atoms with Gasteiger partial charge in [-0.05, 0) is 45.1 Å². The van der Waals surface area contributed by atoms with Gasteiger partial charge in [-0.15, -0.1) is 0 Å². The van der Waals surface area contributed by atoms with E-state index in [0.717, 1.165) is 0 Å². The van der Waals surface area contributed by atoms with Gasteiger partial charge in [-0.2, -0.15) is 8.78 Å². The van der Waals surface area contributed by atoms with E-state index in [1.165, 1.54) is 22.3 Å². The third-order valence-electron chi connectivity index (χ3n) is 6.35. The monoisotopic (exact) mass is 596 g/mol. The van der Waals surface area contributed by atoms with Crippen molar-refractivity contribution in [2.45, 2.75) is 83.5 Å². The fourth-order valence-corrected chi connectivity index (χ4v) is 4.35. The van der Waals surface area contributed by atoms with E-state index in [1.54, 1.807) is 52.8 Å². The second-order valence-corrected chi connectivity index (χ2v) is 11.3. The van der Waals surface area contributed by atoms with E-state index in [1.807, 2.05) is 0 Å². The number of carbonyl (C=O) groups is 6. The van der Waals surface area contributed by atoms with E-state index in [4.69, 9.17) is 9.84 Å². The van der Waals surface area contributed by atoms with Crippen molar-refractivity contribution in [2.75, 3.05) is 13.1 Å². The summed E-state index contributed by atoms with van der Waals surface area (Å²) in [7, 11) is 0. The summed E-state index contributed by atoms with van der Waals surface area (Å²) in [6.07, 6.45) is -0.669. The molecular formula is C28H38F2N4O8. The maximum absolute atomic E-state index is 14.9. The number of alkyl carbamates (subject to hydrolysis) is 1. The smallest absolute Gasteiger partial charge is 0.408 e. The number of Topliss-reactive ketones (excluding diaryl/α,β-unsaturated/α-hetero) is 1. The molecule has 4 amide bonds. The quantitative estimate of drug-likeness (QED) is 0.264. The topological polar surface area (TPSA) is 171 Å². The number of nitrogens with zero attached hydrogens (tertiary/aromatic N) is 1. The van der Waals surface area contributed by atoms with E-state index in [9.17, 15) is 37.5 Å². The number of carbonyl (C=O) groups excluding carboxylic acids is 5. The fraction of sp³-hybridized carbons (Fsp3) is 0.571. The van der Waals surface area contributed by atoms with Crippen molar-refractivity contribution in [1.29, 1.82) is 0 Å². The van der Waals surface area contributed by atoms with Crippen LogP contribution in [0.5, 0.6) is 0 Å². The Balaban J connectivity index is 2.28. The van der Waals surface area contributed by atoms with Crippen LogP contribution in [0.15, 0.2) is 30.3 Å². The van der Waals surface area contributed by atoms with Crippen LogP contribution >= 0.6 is 0 Å². The normalized spacial score (nSPS) is 16.8. The average molecular weight is 597 g/mol. The summed E-state index contributed by atoms with van der Waals surface area (Å²) in [4.78, 5) is 76.1. The molecule has 12 nitrogen and oxygen atoms in total. The zero-order valence-electron chi connectivity index (χ0n) is 24.2. The van der Waals surface area contributed by atoms with Gasteiger partial charge in [0.2, 0.25) is 17.6 Å². The number of carboxylic acids is 1. The molecule has 1 aliphatic heterocycles. The van der Waals surface area contributed by atoms with Gasteiger partial charge in [-0.1, -0.05) is 44.2 Å². The van der Waals surface area contributed by atoms with Crippen LogP contribution in [0.25, 0.3) is 0 Å². The number of hydrogen-bond acceptors (Lipinski definition) is 7. The highest BCUT2D eigenvalue weighted by Crippen LogP contribution is 2.23. The van der Waals surface area contributed by atoms with Crippen LogP contribution in [0.3, 0.4) is 0 Å². The first kappa shape index (κ1) is 34.1. The fourth-order valence-electron chi connectivity index (χ4n) is 4.35. The minimum atomic E-state index is -4.66. The van der Waals surface area contributed by atoms with Gasteiger partial charge in [0.05, 0.1) is 6.04 Å². The van der Waals surface area contributed by atoms with Crippen LogP contribution in [-0.4, -0.2) is 88.3 Å². The van der Waals surface area contributed by atoms with Gasteiger partial charge in [-0.25, -0.2) is 4.79 Å². The van der Waals surface area contributed by atoms with Crippen LogP contribution in [-0.2, 0) is 35.1 Å². The molecule has 232 valence electrons. The molecule has 1 saturated heterocycles. The summed E-state index contributed by atoms with van der Waals surface area (Å²) >= 11 is 0. The van der Waals surface area contributed by atoms with Crippen LogP contribution < -0.4 is 16.0 Å². The summed E-state index contributed by atoms with van der Waals surface area (Å²) in [6, 6.07) is 3.84. The molecule has 1 fully saturated rings. The minimum absolute atomic E-state index is 0.140. The molecule has 1 aromatic rings. The summed E-state index contributed by atoms with van der Waals surface area (Å²) < 4.78 is 35.0. The molecule has 4 N–H and O–H groups in total. The van der Waals surface area contributed by atoms with E-state index in [-0.39, 0.29) is 13.0 Å². The van der Waals surface area contributed by atoms with Crippen molar-refractivity contribution >= 4 is 35.6 Å². The number of halogens is 2. The maximum Gasteiger partial charge on any atom is 0.408 e. The van der Waals surface area contributed by atoms with Crippen LogP contribution in [0.2, 0.25) is 0 Å². The summed E-state index contributed by atoms with van der Waals surface area (Å²) in [5, 5.41) is 15.0. The van der Waals surface area contributed by atoms with Gasteiger partial charge >= 0.3 is 18.0 Å². The Bertz CT molecular complexity index is 1170. The van der Waals surface area contributed by atoms with Gasteiger partial charge in [0.15, 0.2) is 0 Å². The number of carboxylic acid groups (broad SMARTS) is 1. The lowest BCUT2D eigenvalue weighted by atomic mass is 9.97. The molecule has 0 radical (unpaired) electrons. The molecule has 42 heavy (non-hydrogen) atoms. The molecule has 1 aromatic carbocycles. The Labute approximate surface area is 242 Å². The van der Waals surface area contributed by atoms with Crippen molar-refractivity contribution in [3.05, 3.63) is 35.9 Å². The molecule has 0 aliphatic carbocycles. The number of nitrogens with one attached hydrogen (secondary N) is 3. The number of aliphatic carboxylic acids is 1. The zero-order valence-corrected chi connectivity index (χ0v) is 24.2. The SMILES string of the molecule is CC(C)[C@H](NC(=O)OC(C)(C)C)C(=O)N1CCC[C@H]1C(=O)NC(Cc1ccccc1)C(=O)C(F)(F)C(=O)NCC(=O)O. The number of ether oxygens (including phenoxy) is 1. The number of amides is 4. The largest absolute Gasteiger partial charge is 0.480 e. The Morgan fingerprint density at radius 1 is 1.05 bits per heavy atom. The van der Waals surface area contributed by atoms with Crippen molar-refractivity contribution in [3.8, 4) is 0 Å². The lowest BCUT2D eigenvalue weighted by molar-refractivity contribution is -0.161. The highest BCUT2D eigenvalue weighted by molar-refractivity contribution is 6.11. The molecule has 0 spiro atoms. The Morgan fingerprint density at radius 2 is 1.67 bits per heavy atom. The summed E-state index contributed by atoms with van der Waals surface area (Å²) in [5.41, 5.74) is -0.420. The number of ketones is 1. The van der Waals surface area contributed by atoms with E-state index in [2.05, 4.69) is 10.6 Å². The highest BCUT2D eigenvalue weighted by Gasteiger charge is 2.51. The molecule has 3 atom stereocenters. The first-order chi connectivity index (χ1) is 19.4. The van der Waals surface area contributed by atoms with Crippen molar-refractivity contribution < 1.29 is 47.4 Å². The molecule has 0 saturated carbocycles. The third kappa shape index (κ3) is 9.48. The molecule has 14 heteroatoms. The van der Waals surface area contributed by atoms with E-state index in [0.29, 0.717) is 12.0 Å². The molecule has 2 rings (SSSR count). The van der Waals surface area contributed by atoms with Gasteiger partial charge in [0.25, 0.3) is 5.91 Å². The summed E-state index contributed by atoms with van der Waals surface area (Å²) in [5.74, 6) is -12.2. The minimum Gasteiger partial charge on any atom is -0.480 e. The van der Waals surface area contributed by atoms with Gasteiger partial charge in [0.1, 0.15) is 24.2 Å². The van der Waals surface area contributed by atoms with Gasteiger partial charge < -0.3 is 30.7 Å². The predicted octanol–water partition coefficient (Wildman–Crippen LogP) is 1.66. The number of benzene rings is 1. The molecule has 1 heterocycles. The second-order valence-electron chi connectivity index (χ2n) is 11.3. The second kappa shape index (κ2) is 14.2. The van der Waals surface area contributed by atoms with Crippen LogP contribution in [0.4, 0.5) is 13.6 Å². The van der Waals surface area contributed by atoms with Crippen molar-refractivity contribution in [1.82, 2.24) is 20.9 Å². The lowest BCUT2D eigenvalue weighted by Crippen LogP contribution is -2.59. The number of rotatable bonds is 12. The third-order valence-corrected chi connectivity index (χ3v) is 6.35. The van der Waals surface area contributed by atoms with Crippen molar-refractivity contribution in [2.24, 2.45) is 5.92 Å². The van der Waals surface area contributed by atoms with Crippen molar-refractivity contribution in [3.63, 3.8) is 0 Å². The standard InChI is InChI=1S/C28H38F2N4O8/c1-16(2)21(33-26(41)42-27(3,4)5)24(39)34-13-9-12-19(34)23(38)32-18(14-17-10-7-6-8-11-17)22(37)28(29,30)25(40)31-15-20(35)36/h6-8,10-11,16,18-19,21H,9,12-15H2,1-5H3,(H,31,40)(H,32,38)(H,33,41)(H,35,36)/t18?,19-,21-/m0/s1. The maximum atomic E-state index is 14.9. The zero-order chi connectivity index (χ0) is 31.8. The first-order valence-electron chi connectivity index (χ1n) is 13.5. The number of likely N-dealkylation sites (tertiary alicyclic amines) is 1. The Kier molecular flexibility index (Phi) is 11.5. The number of hydrogen-bond donors (Lipinski definition) is 4. The van der Waals surface area contributed by atoms with E-state index < -0.39 is 84.1 Å². The van der Waals surface area contributed by atoms with Gasteiger partial charge in [0, 0.05) is 13.0 Å². The first-order valence-corrected chi connectivity index (χ1v) is 13.5. The van der Waals surface area contributed by atoms with E-state index >= 15 is 0 Å². The summed E-state index contributed by atoms with van der Waals surface area (Å²) in [6.45, 7) is 7.37. The average Bonchev–Trinajstić information content (AvgIpc) is 3.38. The van der Waals surface area contributed by atoms with Crippen LogP contribution in [0, 0.1) is 5.92 Å².